The van der Waals surface area contributed by atoms with Gasteiger partial charge in [-0.3, -0.25) is 0 Å². The summed E-state index contributed by atoms with van der Waals surface area (Å²) in [6.45, 7) is 4.64. The SMILES string of the molecule is CCC=CC(=S)OCC. The molecule has 2 heteroatoms. The molecule has 0 aliphatic carbocycles. The maximum absolute atomic E-state index is 4.99. The molecule has 0 radical (unpaired) electrons. The zero-order valence-electron chi connectivity index (χ0n) is 5.89. The standard InChI is InChI=1S/C7H12OS/c1-3-5-6-7(9)8-4-2/h5-6H,3-4H2,1-2H3. The molecule has 0 rings (SSSR count). The van der Waals surface area contributed by atoms with E-state index in [2.05, 4.69) is 6.92 Å². The lowest BCUT2D eigenvalue weighted by atomic mass is 10.4. The van der Waals surface area contributed by atoms with E-state index in [1.807, 2.05) is 19.1 Å². The van der Waals surface area contributed by atoms with Gasteiger partial charge in [0.1, 0.15) is 0 Å². The first-order chi connectivity index (χ1) is 4.31. The maximum Gasteiger partial charge on any atom is 0.183 e. The van der Waals surface area contributed by atoms with Crippen LogP contribution in [0.1, 0.15) is 20.3 Å². The summed E-state index contributed by atoms with van der Waals surface area (Å²) in [4.78, 5) is 0. The molecule has 0 atom stereocenters. The quantitative estimate of drug-likeness (QED) is 0.444. The highest BCUT2D eigenvalue weighted by molar-refractivity contribution is 7.80. The largest absolute Gasteiger partial charge is 0.484 e. The van der Waals surface area contributed by atoms with Gasteiger partial charge in [0, 0.05) is 0 Å². The zero-order chi connectivity index (χ0) is 7.11. The molecule has 0 aromatic carbocycles. The van der Waals surface area contributed by atoms with E-state index < -0.39 is 0 Å². The lowest BCUT2D eigenvalue weighted by Crippen LogP contribution is -1.95. The van der Waals surface area contributed by atoms with Gasteiger partial charge in [-0.25, -0.2) is 0 Å². The summed E-state index contributed by atoms with van der Waals surface area (Å²) in [7, 11) is 0. The Kier molecular flexibility index (Phi) is 5.52. The molecule has 1 nitrogen and oxygen atoms in total. The monoisotopic (exact) mass is 144 g/mol. The molecule has 9 heavy (non-hydrogen) atoms. The molecular weight excluding hydrogens is 132 g/mol. The molecule has 0 N–H and O–H groups in total. The van der Waals surface area contributed by atoms with Gasteiger partial charge in [-0.2, -0.15) is 0 Å². The first kappa shape index (κ1) is 8.63. The minimum atomic E-state index is 0.583. The zero-order valence-corrected chi connectivity index (χ0v) is 6.70. The van der Waals surface area contributed by atoms with Crippen molar-refractivity contribution in [3.05, 3.63) is 12.2 Å². The molecule has 0 spiro atoms. The van der Waals surface area contributed by atoms with E-state index in [1.165, 1.54) is 0 Å². The van der Waals surface area contributed by atoms with Gasteiger partial charge in [0.05, 0.1) is 6.61 Å². The van der Waals surface area contributed by atoms with Crippen LogP contribution in [0.4, 0.5) is 0 Å². The molecular formula is C7H12OS. The summed E-state index contributed by atoms with van der Waals surface area (Å²) < 4.78 is 4.99. The van der Waals surface area contributed by atoms with E-state index in [0.29, 0.717) is 11.7 Å². The lowest BCUT2D eigenvalue weighted by Gasteiger charge is -1.96. The second kappa shape index (κ2) is 5.76. The number of rotatable bonds is 3. The van der Waals surface area contributed by atoms with Crippen molar-refractivity contribution >= 4 is 17.3 Å². The van der Waals surface area contributed by atoms with E-state index in [1.54, 1.807) is 0 Å². The van der Waals surface area contributed by atoms with E-state index in [0.717, 1.165) is 6.42 Å². The average molecular weight is 144 g/mol. The van der Waals surface area contributed by atoms with Crippen LogP contribution in [0, 0.1) is 0 Å². The van der Waals surface area contributed by atoms with Crippen LogP contribution < -0.4 is 0 Å². The highest BCUT2D eigenvalue weighted by Gasteiger charge is 1.84. The van der Waals surface area contributed by atoms with Crippen molar-refractivity contribution in [1.82, 2.24) is 0 Å². The average Bonchev–Trinajstić information content (AvgIpc) is 1.85. The van der Waals surface area contributed by atoms with E-state index in [4.69, 9.17) is 17.0 Å². The van der Waals surface area contributed by atoms with Gasteiger partial charge in [0.2, 0.25) is 0 Å². The molecule has 0 unspecified atom stereocenters. The Balaban J connectivity index is 3.37. The van der Waals surface area contributed by atoms with Crippen LogP contribution >= 0.6 is 12.2 Å². The van der Waals surface area contributed by atoms with Crippen molar-refractivity contribution in [1.29, 1.82) is 0 Å². The molecule has 0 saturated carbocycles. The summed E-state index contributed by atoms with van der Waals surface area (Å²) >= 11 is 4.81. The number of ether oxygens (including phenoxy) is 1. The van der Waals surface area contributed by atoms with Crippen LogP contribution in [0.2, 0.25) is 0 Å². The molecule has 0 fully saturated rings. The van der Waals surface area contributed by atoms with Crippen LogP contribution in [0.15, 0.2) is 12.2 Å². The predicted molar refractivity (Wildman–Crippen MR) is 43.7 cm³/mol. The molecule has 0 aliphatic rings. The van der Waals surface area contributed by atoms with E-state index in [-0.39, 0.29) is 0 Å². The molecule has 0 amide bonds. The Bertz CT molecular complexity index is 107. The fourth-order valence-electron chi connectivity index (χ4n) is 0.404. The molecule has 0 heterocycles. The molecule has 0 aromatic heterocycles. The van der Waals surface area contributed by atoms with E-state index in [9.17, 15) is 0 Å². The number of allylic oxidation sites excluding steroid dienone is 1. The summed E-state index contributed by atoms with van der Waals surface area (Å²) in [5.41, 5.74) is 0. The first-order valence-electron chi connectivity index (χ1n) is 3.14. The number of hydrogen-bond donors (Lipinski definition) is 0. The normalized spacial score (nSPS) is 10.0. The van der Waals surface area contributed by atoms with Crippen LogP contribution in [0.25, 0.3) is 0 Å². The minimum absolute atomic E-state index is 0.583. The second-order valence-corrected chi connectivity index (χ2v) is 1.97. The third-order valence-electron chi connectivity index (χ3n) is 0.776. The van der Waals surface area contributed by atoms with Crippen LogP contribution in [0.5, 0.6) is 0 Å². The topological polar surface area (TPSA) is 9.23 Å². The van der Waals surface area contributed by atoms with Crippen molar-refractivity contribution < 1.29 is 4.74 Å². The molecule has 0 aromatic rings. The molecule has 52 valence electrons. The smallest absolute Gasteiger partial charge is 0.183 e. The van der Waals surface area contributed by atoms with Gasteiger partial charge in [0.25, 0.3) is 0 Å². The van der Waals surface area contributed by atoms with Crippen molar-refractivity contribution in [3.8, 4) is 0 Å². The van der Waals surface area contributed by atoms with Gasteiger partial charge in [-0.15, -0.1) is 0 Å². The van der Waals surface area contributed by atoms with Gasteiger partial charge in [0.15, 0.2) is 5.05 Å². The third kappa shape index (κ3) is 5.50. The van der Waals surface area contributed by atoms with Gasteiger partial charge >= 0.3 is 0 Å². The number of thiocarbonyl (C=S) groups is 1. The summed E-state index contributed by atoms with van der Waals surface area (Å²) in [6, 6.07) is 0. The Labute approximate surface area is 61.7 Å². The van der Waals surface area contributed by atoms with Crippen LogP contribution in [-0.2, 0) is 4.74 Å². The van der Waals surface area contributed by atoms with Gasteiger partial charge < -0.3 is 4.74 Å². The predicted octanol–water partition coefficient (Wildman–Crippen LogP) is 2.32. The Morgan fingerprint density at radius 1 is 1.56 bits per heavy atom. The maximum atomic E-state index is 4.99. The second-order valence-electron chi connectivity index (χ2n) is 1.56. The minimum Gasteiger partial charge on any atom is -0.484 e. The molecule has 0 saturated heterocycles. The van der Waals surface area contributed by atoms with Gasteiger partial charge in [-0.05, 0) is 31.6 Å². The highest BCUT2D eigenvalue weighted by atomic mass is 32.1. The highest BCUT2D eigenvalue weighted by Crippen LogP contribution is 1.86. The van der Waals surface area contributed by atoms with Crippen molar-refractivity contribution in [2.24, 2.45) is 0 Å². The fourth-order valence-corrected chi connectivity index (χ4v) is 0.619. The van der Waals surface area contributed by atoms with Crippen LogP contribution in [0.3, 0.4) is 0 Å². The Morgan fingerprint density at radius 2 is 2.22 bits per heavy atom. The summed E-state index contributed by atoms with van der Waals surface area (Å²) in [6.07, 6.45) is 4.81. The molecule has 0 aliphatic heterocycles. The Morgan fingerprint density at radius 3 is 2.67 bits per heavy atom. The van der Waals surface area contributed by atoms with Gasteiger partial charge in [-0.1, -0.05) is 13.0 Å². The van der Waals surface area contributed by atoms with Crippen molar-refractivity contribution in [2.75, 3.05) is 6.61 Å². The van der Waals surface area contributed by atoms with Crippen molar-refractivity contribution in [2.45, 2.75) is 20.3 Å². The van der Waals surface area contributed by atoms with Crippen molar-refractivity contribution in [3.63, 3.8) is 0 Å². The Hall–Kier alpha value is -0.370. The van der Waals surface area contributed by atoms with Crippen LogP contribution in [-0.4, -0.2) is 11.7 Å². The van der Waals surface area contributed by atoms with E-state index >= 15 is 0 Å². The summed E-state index contributed by atoms with van der Waals surface area (Å²) in [5, 5.41) is 0.583. The fraction of sp³-hybridized carbons (Fsp3) is 0.571. The first-order valence-corrected chi connectivity index (χ1v) is 3.55. The third-order valence-corrected chi connectivity index (χ3v) is 1.03. The molecule has 0 bridgehead atoms. The summed E-state index contributed by atoms with van der Waals surface area (Å²) in [5.74, 6) is 0. The number of hydrogen-bond acceptors (Lipinski definition) is 2. The lowest BCUT2D eigenvalue weighted by molar-refractivity contribution is 0.339.